The van der Waals surface area contributed by atoms with Crippen molar-refractivity contribution in [1.82, 2.24) is 4.90 Å². The molecule has 0 saturated heterocycles. The molecule has 0 aromatic carbocycles. The quantitative estimate of drug-likeness (QED) is 0.858. The van der Waals surface area contributed by atoms with E-state index < -0.39 is 5.97 Å². The van der Waals surface area contributed by atoms with Gasteiger partial charge in [-0.1, -0.05) is 6.92 Å². The standard InChI is InChI=1S/C11H15NO3S/c1-3-8(2)12(6-10(13)14)11(15)9-4-5-16-7-9/h4-5,7-8H,3,6H2,1-2H3,(H,13,14). The second-order valence-corrected chi connectivity index (χ2v) is 4.38. The van der Waals surface area contributed by atoms with E-state index in [1.165, 1.54) is 16.2 Å². The van der Waals surface area contributed by atoms with Gasteiger partial charge in [-0.25, -0.2) is 0 Å². The van der Waals surface area contributed by atoms with E-state index in [2.05, 4.69) is 0 Å². The van der Waals surface area contributed by atoms with Crippen LogP contribution in [0, 0.1) is 0 Å². The maximum absolute atomic E-state index is 12.0. The molecule has 1 amide bonds. The van der Waals surface area contributed by atoms with Gasteiger partial charge in [-0.05, 0) is 24.8 Å². The van der Waals surface area contributed by atoms with Gasteiger partial charge in [0, 0.05) is 11.4 Å². The zero-order chi connectivity index (χ0) is 12.1. The van der Waals surface area contributed by atoms with Gasteiger partial charge >= 0.3 is 5.97 Å². The van der Waals surface area contributed by atoms with Crippen LogP contribution in [0.1, 0.15) is 30.6 Å². The number of rotatable bonds is 5. The van der Waals surface area contributed by atoms with Crippen LogP contribution in [-0.2, 0) is 4.79 Å². The van der Waals surface area contributed by atoms with Gasteiger partial charge in [0.25, 0.3) is 5.91 Å². The molecule has 1 aromatic heterocycles. The molecular formula is C11H15NO3S. The van der Waals surface area contributed by atoms with Gasteiger partial charge in [-0.15, -0.1) is 0 Å². The van der Waals surface area contributed by atoms with E-state index in [9.17, 15) is 9.59 Å². The molecule has 1 N–H and O–H groups in total. The monoisotopic (exact) mass is 241 g/mol. The molecule has 1 unspecified atom stereocenters. The van der Waals surface area contributed by atoms with Gasteiger partial charge < -0.3 is 10.0 Å². The molecule has 0 fully saturated rings. The maximum Gasteiger partial charge on any atom is 0.323 e. The Morgan fingerprint density at radius 2 is 2.25 bits per heavy atom. The molecule has 16 heavy (non-hydrogen) atoms. The minimum absolute atomic E-state index is 0.0662. The smallest absolute Gasteiger partial charge is 0.323 e. The molecule has 88 valence electrons. The average molecular weight is 241 g/mol. The third-order valence-corrected chi connectivity index (χ3v) is 3.14. The summed E-state index contributed by atoms with van der Waals surface area (Å²) in [6.07, 6.45) is 0.739. The number of carbonyl (C=O) groups excluding carboxylic acids is 1. The number of amides is 1. The molecule has 0 radical (unpaired) electrons. The van der Waals surface area contributed by atoms with Crippen LogP contribution >= 0.6 is 11.3 Å². The molecular weight excluding hydrogens is 226 g/mol. The Morgan fingerprint density at radius 1 is 1.56 bits per heavy atom. The Hall–Kier alpha value is -1.36. The zero-order valence-electron chi connectivity index (χ0n) is 9.34. The fourth-order valence-corrected chi connectivity index (χ4v) is 1.98. The van der Waals surface area contributed by atoms with Crippen molar-refractivity contribution < 1.29 is 14.7 Å². The molecule has 0 aliphatic carbocycles. The maximum atomic E-state index is 12.0. The number of carboxylic acids is 1. The second-order valence-electron chi connectivity index (χ2n) is 3.60. The van der Waals surface area contributed by atoms with E-state index in [-0.39, 0.29) is 18.5 Å². The zero-order valence-corrected chi connectivity index (χ0v) is 10.2. The van der Waals surface area contributed by atoms with Crippen molar-refractivity contribution in [2.45, 2.75) is 26.3 Å². The number of aliphatic carboxylic acids is 1. The second kappa shape index (κ2) is 5.65. The van der Waals surface area contributed by atoms with E-state index >= 15 is 0 Å². The summed E-state index contributed by atoms with van der Waals surface area (Å²) in [6, 6.07) is 1.65. The molecule has 0 spiro atoms. The molecule has 1 atom stereocenters. The molecule has 4 nitrogen and oxygen atoms in total. The van der Waals surface area contributed by atoms with Crippen molar-refractivity contribution >= 4 is 23.2 Å². The van der Waals surface area contributed by atoms with Crippen LogP contribution in [0.4, 0.5) is 0 Å². The molecule has 0 saturated carbocycles. The first-order valence-electron chi connectivity index (χ1n) is 5.11. The first-order chi connectivity index (χ1) is 7.56. The van der Waals surface area contributed by atoms with Crippen LogP contribution < -0.4 is 0 Å². The first-order valence-corrected chi connectivity index (χ1v) is 6.05. The lowest BCUT2D eigenvalue weighted by Crippen LogP contribution is -2.41. The largest absolute Gasteiger partial charge is 0.480 e. The number of thiophene rings is 1. The lowest BCUT2D eigenvalue weighted by atomic mass is 10.2. The summed E-state index contributed by atoms with van der Waals surface area (Å²) in [7, 11) is 0. The topological polar surface area (TPSA) is 57.6 Å². The lowest BCUT2D eigenvalue weighted by Gasteiger charge is -2.26. The van der Waals surface area contributed by atoms with Crippen LogP contribution in [0.25, 0.3) is 0 Å². The summed E-state index contributed by atoms with van der Waals surface area (Å²) < 4.78 is 0. The summed E-state index contributed by atoms with van der Waals surface area (Å²) >= 11 is 1.43. The predicted octanol–water partition coefficient (Wildman–Crippen LogP) is 2.07. The van der Waals surface area contributed by atoms with Crippen molar-refractivity contribution in [1.29, 1.82) is 0 Å². The van der Waals surface area contributed by atoms with Crippen molar-refractivity contribution in [2.24, 2.45) is 0 Å². The van der Waals surface area contributed by atoms with Crippen molar-refractivity contribution in [3.63, 3.8) is 0 Å². The Labute approximate surface area is 98.5 Å². The number of hydrogen-bond donors (Lipinski definition) is 1. The highest BCUT2D eigenvalue weighted by atomic mass is 32.1. The average Bonchev–Trinajstić information content (AvgIpc) is 2.77. The van der Waals surface area contributed by atoms with Gasteiger partial charge in [0.2, 0.25) is 0 Å². The van der Waals surface area contributed by atoms with Crippen LogP contribution in [0.5, 0.6) is 0 Å². The highest BCUT2D eigenvalue weighted by Gasteiger charge is 2.22. The molecule has 5 heteroatoms. The van der Waals surface area contributed by atoms with Crippen molar-refractivity contribution in [3.8, 4) is 0 Å². The van der Waals surface area contributed by atoms with Gasteiger partial charge in [-0.2, -0.15) is 11.3 Å². The molecule has 1 rings (SSSR count). The van der Waals surface area contributed by atoms with Crippen LogP contribution in [0.2, 0.25) is 0 Å². The molecule has 0 aliphatic rings. The minimum Gasteiger partial charge on any atom is -0.480 e. The van der Waals surface area contributed by atoms with Crippen molar-refractivity contribution in [2.75, 3.05) is 6.54 Å². The molecule has 0 aliphatic heterocycles. The minimum atomic E-state index is -0.983. The van der Waals surface area contributed by atoms with E-state index in [1.54, 1.807) is 11.4 Å². The highest BCUT2D eigenvalue weighted by Crippen LogP contribution is 2.13. The van der Waals surface area contributed by atoms with E-state index in [0.29, 0.717) is 5.56 Å². The summed E-state index contributed by atoms with van der Waals surface area (Å²) in [5.74, 6) is -1.19. The van der Waals surface area contributed by atoms with Crippen LogP contribution in [0.3, 0.4) is 0 Å². The Kier molecular flexibility index (Phi) is 4.49. The van der Waals surface area contributed by atoms with Gasteiger partial charge in [0.05, 0.1) is 5.56 Å². The first kappa shape index (κ1) is 12.7. The summed E-state index contributed by atoms with van der Waals surface area (Å²) in [5.41, 5.74) is 0.562. The number of carboxylic acid groups (broad SMARTS) is 1. The SMILES string of the molecule is CCC(C)N(CC(=O)O)C(=O)c1ccsc1. The van der Waals surface area contributed by atoms with E-state index in [0.717, 1.165) is 6.42 Å². The third kappa shape index (κ3) is 3.06. The Bertz CT molecular complexity index is 361. The predicted molar refractivity (Wildman–Crippen MR) is 62.7 cm³/mol. The van der Waals surface area contributed by atoms with E-state index in [4.69, 9.17) is 5.11 Å². The number of carbonyl (C=O) groups is 2. The fourth-order valence-electron chi connectivity index (χ4n) is 1.35. The fraction of sp³-hybridized carbons (Fsp3) is 0.455. The normalized spacial score (nSPS) is 12.1. The van der Waals surface area contributed by atoms with Gasteiger partial charge in [-0.3, -0.25) is 9.59 Å². The van der Waals surface area contributed by atoms with Gasteiger partial charge in [0.1, 0.15) is 6.54 Å². The van der Waals surface area contributed by atoms with Crippen LogP contribution in [-0.4, -0.2) is 34.5 Å². The summed E-state index contributed by atoms with van der Waals surface area (Å²) in [5, 5.41) is 12.3. The van der Waals surface area contributed by atoms with Gasteiger partial charge in [0.15, 0.2) is 0 Å². The molecule has 0 bridgehead atoms. The van der Waals surface area contributed by atoms with E-state index in [1.807, 2.05) is 19.2 Å². The number of hydrogen-bond acceptors (Lipinski definition) is 3. The van der Waals surface area contributed by atoms with Crippen molar-refractivity contribution in [3.05, 3.63) is 22.4 Å². The Morgan fingerprint density at radius 3 is 2.69 bits per heavy atom. The number of nitrogens with zero attached hydrogens (tertiary/aromatic N) is 1. The molecule has 1 heterocycles. The highest BCUT2D eigenvalue weighted by molar-refractivity contribution is 7.08. The third-order valence-electron chi connectivity index (χ3n) is 2.46. The molecule has 1 aromatic rings. The summed E-state index contributed by atoms with van der Waals surface area (Å²) in [6.45, 7) is 3.54. The lowest BCUT2D eigenvalue weighted by molar-refractivity contribution is -0.138. The summed E-state index contributed by atoms with van der Waals surface area (Å²) in [4.78, 5) is 24.1. The Balaban J connectivity index is 2.84. The van der Waals surface area contributed by atoms with Crippen LogP contribution in [0.15, 0.2) is 16.8 Å².